The second kappa shape index (κ2) is 6.29. The van der Waals surface area contributed by atoms with Crippen molar-refractivity contribution < 1.29 is 4.79 Å². The molecule has 1 aromatic carbocycles. The number of carbonyl (C=O) groups excluding carboxylic acids is 1. The van der Waals surface area contributed by atoms with E-state index in [1.807, 2.05) is 12.1 Å². The topological polar surface area (TPSA) is 41.1 Å². The summed E-state index contributed by atoms with van der Waals surface area (Å²) in [6.45, 7) is 8.55. The third-order valence-corrected chi connectivity index (χ3v) is 3.99. The van der Waals surface area contributed by atoms with Crippen LogP contribution in [0.1, 0.15) is 39.7 Å². The molecule has 0 spiro atoms. The summed E-state index contributed by atoms with van der Waals surface area (Å²) in [6.07, 6.45) is 1.85. The minimum absolute atomic E-state index is 0.0134. The van der Waals surface area contributed by atoms with Crippen molar-refractivity contribution in [2.45, 2.75) is 52.6 Å². The van der Waals surface area contributed by atoms with Crippen LogP contribution in [0.25, 0.3) is 0 Å². The molecule has 1 aliphatic heterocycles. The number of fused-ring (bicyclic) bond motifs is 1. The lowest BCUT2D eigenvalue weighted by Gasteiger charge is -2.32. The quantitative estimate of drug-likeness (QED) is 0.885. The fourth-order valence-corrected chi connectivity index (χ4v) is 3.03. The van der Waals surface area contributed by atoms with Gasteiger partial charge in [-0.2, -0.15) is 0 Å². The minimum Gasteiger partial charge on any atom is -0.382 e. The Balaban J connectivity index is 2.01. The Morgan fingerprint density at radius 2 is 2.05 bits per heavy atom. The van der Waals surface area contributed by atoms with Crippen LogP contribution in [0.4, 0.5) is 5.69 Å². The summed E-state index contributed by atoms with van der Waals surface area (Å²) < 4.78 is 0. The Bertz CT molecular complexity index is 470. The Morgan fingerprint density at radius 1 is 1.35 bits per heavy atom. The largest absolute Gasteiger partial charge is 0.382 e. The zero-order valence-corrected chi connectivity index (χ0v) is 12.9. The van der Waals surface area contributed by atoms with Gasteiger partial charge in [-0.15, -0.1) is 0 Å². The van der Waals surface area contributed by atoms with E-state index in [0.29, 0.717) is 5.92 Å². The maximum atomic E-state index is 12.5. The Morgan fingerprint density at radius 3 is 2.75 bits per heavy atom. The number of rotatable bonds is 4. The monoisotopic (exact) mass is 274 g/mol. The zero-order valence-electron chi connectivity index (χ0n) is 12.9. The van der Waals surface area contributed by atoms with E-state index < -0.39 is 0 Å². The highest BCUT2D eigenvalue weighted by Crippen LogP contribution is 2.28. The van der Waals surface area contributed by atoms with E-state index in [-0.39, 0.29) is 23.9 Å². The van der Waals surface area contributed by atoms with Crippen LogP contribution in [0.15, 0.2) is 24.3 Å². The van der Waals surface area contributed by atoms with Crippen LogP contribution in [0.3, 0.4) is 0 Å². The van der Waals surface area contributed by atoms with Gasteiger partial charge in [0.15, 0.2) is 0 Å². The maximum Gasteiger partial charge on any atom is 0.225 e. The van der Waals surface area contributed by atoms with E-state index in [2.05, 4.69) is 50.5 Å². The SMILES string of the molecule is CC(C)CC(C)NC(=O)C1Cc2ccccc2NC1C. The molecule has 3 heteroatoms. The predicted molar refractivity (Wildman–Crippen MR) is 83.8 cm³/mol. The molecule has 1 aliphatic rings. The van der Waals surface area contributed by atoms with Crippen LogP contribution in [0, 0.1) is 11.8 Å². The van der Waals surface area contributed by atoms with Gasteiger partial charge in [0.1, 0.15) is 0 Å². The lowest BCUT2D eigenvalue weighted by atomic mass is 9.87. The molecule has 0 aliphatic carbocycles. The molecule has 0 bridgehead atoms. The maximum absolute atomic E-state index is 12.5. The summed E-state index contributed by atoms with van der Waals surface area (Å²) in [5.74, 6) is 0.792. The molecule has 20 heavy (non-hydrogen) atoms. The molecule has 0 aromatic heterocycles. The Hall–Kier alpha value is -1.51. The number of carbonyl (C=O) groups is 1. The van der Waals surface area contributed by atoms with Gasteiger partial charge in [-0.05, 0) is 44.2 Å². The van der Waals surface area contributed by atoms with Gasteiger partial charge in [0.05, 0.1) is 5.92 Å². The predicted octanol–water partition coefficient (Wildman–Crippen LogP) is 3.21. The highest BCUT2D eigenvalue weighted by Gasteiger charge is 2.30. The summed E-state index contributed by atoms with van der Waals surface area (Å²) in [5.41, 5.74) is 2.40. The van der Waals surface area contributed by atoms with E-state index in [9.17, 15) is 4.79 Å². The molecule has 3 nitrogen and oxygen atoms in total. The average Bonchev–Trinajstić information content (AvgIpc) is 2.36. The number of amides is 1. The summed E-state index contributed by atoms with van der Waals surface area (Å²) in [4.78, 5) is 12.5. The van der Waals surface area contributed by atoms with Crippen molar-refractivity contribution in [1.82, 2.24) is 5.32 Å². The van der Waals surface area contributed by atoms with E-state index in [4.69, 9.17) is 0 Å². The molecule has 3 atom stereocenters. The first-order chi connectivity index (χ1) is 9.47. The van der Waals surface area contributed by atoms with Gasteiger partial charge in [0.25, 0.3) is 0 Å². The fourth-order valence-electron chi connectivity index (χ4n) is 3.03. The van der Waals surface area contributed by atoms with E-state index in [1.165, 1.54) is 11.3 Å². The molecule has 0 saturated carbocycles. The van der Waals surface area contributed by atoms with Gasteiger partial charge >= 0.3 is 0 Å². The molecule has 1 amide bonds. The van der Waals surface area contributed by atoms with Gasteiger partial charge in [0.2, 0.25) is 5.91 Å². The third kappa shape index (κ3) is 3.53. The van der Waals surface area contributed by atoms with E-state index in [1.54, 1.807) is 0 Å². The van der Waals surface area contributed by atoms with Crippen LogP contribution >= 0.6 is 0 Å². The molecular formula is C17H26N2O. The van der Waals surface area contributed by atoms with Crippen molar-refractivity contribution in [2.75, 3.05) is 5.32 Å². The standard InChI is InChI=1S/C17H26N2O/c1-11(2)9-12(3)18-17(20)15-10-14-7-5-6-8-16(14)19-13(15)4/h5-8,11-13,15,19H,9-10H2,1-4H3,(H,18,20). The number of hydrogen-bond donors (Lipinski definition) is 2. The molecule has 0 fully saturated rings. The summed E-state index contributed by atoms with van der Waals surface area (Å²) in [5, 5.41) is 6.61. The smallest absolute Gasteiger partial charge is 0.225 e. The molecule has 0 radical (unpaired) electrons. The molecular weight excluding hydrogens is 248 g/mol. The molecule has 110 valence electrons. The number of nitrogens with one attached hydrogen (secondary N) is 2. The molecule has 2 rings (SSSR count). The molecule has 1 aromatic rings. The third-order valence-electron chi connectivity index (χ3n) is 3.99. The van der Waals surface area contributed by atoms with Crippen LogP contribution < -0.4 is 10.6 Å². The fraction of sp³-hybridized carbons (Fsp3) is 0.588. The van der Waals surface area contributed by atoms with Crippen LogP contribution in [-0.4, -0.2) is 18.0 Å². The van der Waals surface area contributed by atoms with Crippen LogP contribution in [-0.2, 0) is 11.2 Å². The highest BCUT2D eigenvalue weighted by molar-refractivity contribution is 5.81. The lowest BCUT2D eigenvalue weighted by Crippen LogP contribution is -2.46. The van der Waals surface area contributed by atoms with Gasteiger partial charge < -0.3 is 10.6 Å². The average molecular weight is 274 g/mol. The van der Waals surface area contributed by atoms with Crippen molar-refractivity contribution in [3.05, 3.63) is 29.8 Å². The number of para-hydroxylation sites is 1. The van der Waals surface area contributed by atoms with Crippen molar-refractivity contribution in [3.63, 3.8) is 0 Å². The summed E-state index contributed by atoms with van der Waals surface area (Å²) in [7, 11) is 0. The first-order valence-corrected chi connectivity index (χ1v) is 7.62. The number of anilines is 1. The van der Waals surface area contributed by atoms with Crippen LogP contribution in [0.2, 0.25) is 0 Å². The van der Waals surface area contributed by atoms with E-state index >= 15 is 0 Å². The van der Waals surface area contributed by atoms with Gasteiger partial charge in [0, 0.05) is 17.8 Å². The van der Waals surface area contributed by atoms with Crippen molar-refractivity contribution >= 4 is 11.6 Å². The second-order valence-corrected chi connectivity index (χ2v) is 6.44. The van der Waals surface area contributed by atoms with Crippen molar-refractivity contribution in [1.29, 1.82) is 0 Å². The zero-order chi connectivity index (χ0) is 14.7. The van der Waals surface area contributed by atoms with Crippen LogP contribution in [0.5, 0.6) is 0 Å². The first-order valence-electron chi connectivity index (χ1n) is 7.62. The number of hydrogen-bond acceptors (Lipinski definition) is 2. The normalized spacial score (nSPS) is 22.9. The highest BCUT2D eigenvalue weighted by atomic mass is 16.2. The van der Waals surface area contributed by atoms with Gasteiger partial charge in [-0.1, -0.05) is 32.0 Å². The van der Waals surface area contributed by atoms with Gasteiger partial charge in [-0.25, -0.2) is 0 Å². The Labute approximate surface area is 122 Å². The molecule has 1 heterocycles. The second-order valence-electron chi connectivity index (χ2n) is 6.44. The summed E-state index contributed by atoms with van der Waals surface area (Å²) >= 11 is 0. The summed E-state index contributed by atoms with van der Waals surface area (Å²) in [6, 6.07) is 8.67. The molecule has 3 unspecified atom stereocenters. The van der Waals surface area contributed by atoms with Gasteiger partial charge in [-0.3, -0.25) is 4.79 Å². The lowest BCUT2D eigenvalue weighted by molar-refractivity contribution is -0.126. The van der Waals surface area contributed by atoms with E-state index in [0.717, 1.165) is 12.8 Å². The van der Waals surface area contributed by atoms with Crippen molar-refractivity contribution in [2.24, 2.45) is 11.8 Å². The Kier molecular flexibility index (Phi) is 4.69. The molecule has 2 N–H and O–H groups in total. The van der Waals surface area contributed by atoms with Crippen molar-refractivity contribution in [3.8, 4) is 0 Å². The number of benzene rings is 1. The first kappa shape index (κ1) is 14.9. The molecule has 0 saturated heterocycles. The minimum atomic E-state index is 0.0134.